The largest absolute Gasteiger partial charge is 0.303 e. The molecular formula is C12H23NS. The molecule has 0 aromatic heterocycles. The summed E-state index contributed by atoms with van der Waals surface area (Å²) in [4.78, 5) is 0.430. The van der Waals surface area contributed by atoms with E-state index >= 15 is 0 Å². The van der Waals surface area contributed by atoms with Gasteiger partial charge in [0.2, 0.25) is 0 Å². The maximum Gasteiger partial charge on any atom is 0.0652 e. The van der Waals surface area contributed by atoms with E-state index in [-0.39, 0.29) is 0 Å². The van der Waals surface area contributed by atoms with Gasteiger partial charge in [0, 0.05) is 0 Å². The van der Waals surface area contributed by atoms with Gasteiger partial charge in [0.15, 0.2) is 0 Å². The highest BCUT2D eigenvalue weighted by molar-refractivity contribution is 8.00. The Morgan fingerprint density at radius 3 is 2.64 bits per heavy atom. The molecular weight excluding hydrogens is 190 g/mol. The minimum Gasteiger partial charge on any atom is -0.303 e. The van der Waals surface area contributed by atoms with Gasteiger partial charge in [-0.2, -0.15) is 0 Å². The van der Waals surface area contributed by atoms with Gasteiger partial charge in [-0.05, 0) is 49.3 Å². The van der Waals surface area contributed by atoms with Crippen molar-refractivity contribution >= 4 is 11.8 Å². The minimum absolute atomic E-state index is 0.430. The third kappa shape index (κ3) is 2.27. The van der Waals surface area contributed by atoms with Crippen LogP contribution in [0.1, 0.15) is 46.5 Å². The summed E-state index contributed by atoms with van der Waals surface area (Å²) in [6, 6.07) is 0. The quantitative estimate of drug-likeness (QED) is 0.663. The predicted octanol–water partition coefficient (Wildman–Crippen LogP) is 3.26. The predicted molar refractivity (Wildman–Crippen MR) is 64.6 cm³/mol. The molecule has 1 saturated heterocycles. The van der Waals surface area contributed by atoms with Gasteiger partial charge in [-0.3, -0.25) is 0 Å². The van der Waals surface area contributed by atoms with Crippen LogP contribution in [0.2, 0.25) is 0 Å². The Labute approximate surface area is 92.4 Å². The number of thioether (sulfide) groups is 1. The molecule has 2 aliphatic rings. The molecule has 0 aromatic rings. The van der Waals surface area contributed by atoms with Gasteiger partial charge >= 0.3 is 0 Å². The van der Waals surface area contributed by atoms with Crippen LogP contribution in [0.5, 0.6) is 0 Å². The van der Waals surface area contributed by atoms with Gasteiger partial charge in [0.05, 0.1) is 4.87 Å². The number of nitrogens with one attached hydrogen (secondary N) is 1. The van der Waals surface area contributed by atoms with Crippen LogP contribution in [0.15, 0.2) is 0 Å². The highest BCUT2D eigenvalue weighted by atomic mass is 32.2. The van der Waals surface area contributed by atoms with E-state index in [1.165, 1.54) is 38.0 Å². The van der Waals surface area contributed by atoms with Crippen LogP contribution in [0, 0.1) is 11.3 Å². The van der Waals surface area contributed by atoms with E-state index < -0.39 is 0 Å². The lowest BCUT2D eigenvalue weighted by atomic mass is 9.70. The maximum absolute atomic E-state index is 3.78. The first-order valence-corrected chi connectivity index (χ1v) is 6.89. The molecule has 1 nitrogen and oxygen atoms in total. The first-order valence-electron chi connectivity index (χ1n) is 5.90. The van der Waals surface area contributed by atoms with Crippen LogP contribution in [-0.2, 0) is 0 Å². The van der Waals surface area contributed by atoms with Crippen molar-refractivity contribution in [2.45, 2.75) is 51.3 Å². The molecule has 0 aromatic carbocycles. The summed E-state index contributed by atoms with van der Waals surface area (Å²) in [5, 5.41) is 3.78. The number of rotatable bonds is 0. The Morgan fingerprint density at radius 2 is 2.07 bits per heavy atom. The molecule has 14 heavy (non-hydrogen) atoms. The maximum atomic E-state index is 3.78. The summed E-state index contributed by atoms with van der Waals surface area (Å²) in [5.74, 6) is 2.24. The topological polar surface area (TPSA) is 12.0 Å². The molecule has 1 spiro atoms. The summed E-state index contributed by atoms with van der Waals surface area (Å²) in [5.41, 5.74) is 0.537. The summed E-state index contributed by atoms with van der Waals surface area (Å²) >= 11 is 2.18. The van der Waals surface area contributed by atoms with Crippen molar-refractivity contribution < 1.29 is 0 Å². The number of hydrogen-bond acceptors (Lipinski definition) is 2. The van der Waals surface area contributed by atoms with E-state index in [1.54, 1.807) is 0 Å². The summed E-state index contributed by atoms with van der Waals surface area (Å²) in [6.07, 6.45) is 5.48. The first kappa shape index (κ1) is 10.8. The van der Waals surface area contributed by atoms with Crippen LogP contribution >= 0.6 is 11.8 Å². The average molecular weight is 213 g/mol. The van der Waals surface area contributed by atoms with Crippen molar-refractivity contribution in [3.8, 4) is 0 Å². The van der Waals surface area contributed by atoms with Gasteiger partial charge in [0.1, 0.15) is 0 Å². The molecule has 2 atom stereocenters. The molecule has 1 aliphatic carbocycles. The summed E-state index contributed by atoms with van der Waals surface area (Å²) < 4.78 is 0. The second-order valence-electron chi connectivity index (χ2n) is 5.98. The molecule has 1 heterocycles. The van der Waals surface area contributed by atoms with Crippen molar-refractivity contribution in [1.29, 1.82) is 0 Å². The van der Waals surface area contributed by atoms with Crippen LogP contribution < -0.4 is 5.32 Å². The van der Waals surface area contributed by atoms with Crippen molar-refractivity contribution in [2.75, 3.05) is 12.3 Å². The highest BCUT2D eigenvalue weighted by Crippen LogP contribution is 2.49. The van der Waals surface area contributed by atoms with E-state index in [0.717, 1.165) is 5.92 Å². The third-order valence-corrected chi connectivity index (χ3v) is 4.99. The smallest absolute Gasteiger partial charge is 0.0652 e. The molecule has 2 heteroatoms. The lowest BCUT2D eigenvalue weighted by Crippen LogP contribution is -2.52. The lowest BCUT2D eigenvalue weighted by Gasteiger charge is -2.49. The Hall–Kier alpha value is 0.310. The molecule has 2 rings (SSSR count). The van der Waals surface area contributed by atoms with Crippen LogP contribution in [0.4, 0.5) is 0 Å². The Kier molecular flexibility index (Phi) is 2.87. The SMILES string of the molecule is CC1CC(C)(C)CC2(C1)NCCCS2. The van der Waals surface area contributed by atoms with Crippen molar-refractivity contribution in [3.05, 3.63) is 0 Å². The standard InChI is InChI=1S/C12H23NS/c1-10-7-11(2,3)9-12(8-10)13-5-4-6-14-12/h10,13H,4-9H2,1-3H3. The first-order chi connectivity index (χ1) is 6.52. The summed E-state index contributed by atoms with van der Waals surface area (Å²) in [7, 11) is 0. The zero-order valence-corrected chi connectivity index (χ0v) is 10.5. The fourth-order valence-electron chi connectivity index (χ4n) is 3.45. The van der Waals surface area contributed by atoms with Gasteiger partial charge < -0.3 is 5.32 Å². The lowest BCUT2D eigenvalue weighted by molar-refractivity contribution is 0.132. The minimum atomic E-state index is 0.430. The molecule has 1 aliphatic heterocycles. The molecule has 0 radical (unpaired) electrons. The zero-order chi connectivity index (χ0) is 10.2. The van der Waals surface area contributed by atoms with Crippen LogP contribution in [0.25, 0.3) is 0 Å². The summed E-state index contributed by atoms with van der Waals surface area (Å²) in [6.45, 7) is 8.51. The number of hydrogen-bond donors (Lipinski definition) is 1. The molecule has 2 fully saturated rings. The third-order valence-electron chi connectivity index (χ3n) is 3.49. The normalized spacial score (nSPS) is 42.6. The van der Waals surface area contributed by atoms with Crippen LogP contribution in [-0.4, -0.2) is 17.2 Å². The van der Waals surface area contributed by atoms with Crippen molar-refractivity contribution in [1.82, 2.24) is 5.32 Å². The molecule has 1 N–H and O–H groups in total. The molecule has 0 amide bonds. The monoisotopic (exact) mass is 213 g/mol. The Balaban J connectivity index is 2.10. The van der Waals surface area contributed by atoms with E-state index in [2.05, 4.69) is 37.8 Å². The van der Waals surface area contributed by atoms with E-state index in [4.69, 9.17) is 0 Å². The van der Waals surface area contributed by atoms with E-state index in [1.807, 2.05) is 0 Å². The molecule has 0 bridgehead atoms. The average Bonchev–Trinajstić information content (AvgIpc) is 2.00. The van der Waals surface area contributed by atoms with E-state index in [9.17, 15) is 0 Å². The van der Waals surface area contributed by atoms with Gasteiger partial charge in [0.25, 0.3) is 0 Å². The van der Waals surface area contributed by atoms with E-state index in [0.29, 0.717) is 10.3 Å². The van der Waals surface area contributed by atoms with Gasteiger partial charge in [-0.25, -0.2) is 0 Å². The second kappa shape index (κ2) is 3.71. The fourth-order valence-corrected chi connectivity index (χ4v) is 5.23. The molecule has 82 valence electrons. The van der Waals surface area contributed by atoms with Crippen molar-refractivity contribution in [3.63, 3.8) is 0 Å². The molecule has 1 saturated carbocycles. The highest BCUT2D eigenvalue weighted by Gasteiger charge is 2.43. The molecule has 2 unspecified atom stereocenters. The Bertz CT molecular complexity index is 206. The van der Waals surface area contributed by atoms with Gasteiger partial charge in [-0.1, -0.05) is 20.8 Å². The van der Waals surface area contributed by atoms with Crippen molar-refractivity contribution in [2.24, 2.45) is 11.3 Å². The second-order valence-corrected chi connectivity index (χ2v) is 7.46. The Morgan fingerprint density at radius 1 is 1.29 bits per heavy atom. The zero-order valence-electron chi connectivity index (χ0n) is 9.73. The van der Waals surface area contributed by atoms with Gasteiger partial charge in [-0.15, -0.1) is 11.8 Å². The fraction of sp³-hybridized carbons (Fsp3) is 1.00. The van der Waals surface area contributed by atoms with Crippen LogP contribution in [0.3, 0.4) is 0 Å².